The van der Waals surface area contributed by atoms with Crippen LogP contribution in [-0.2, 0) is 0 Å². The summed E-state index contributed by atoms with van der Waals surface area (Å²) in [7, 11) is 0. The zero-order valence-electron chi connectivity index (χ0n) is 17.4. The Hall–Kier alpha value is -3.94. The van der Waals surface area contributed by atoms with Crippen LogP contribution in [0.15, 0.2) is 53.6 Å². The molecule has 4 N–H and O–H groups in total. The summed E-state index contributed by atoms with van der Waals surface area (Å²) < 4.78 is 1.39. The Bertz CT molecular complexity index is 1290. The van der Waals surface area contributed by atoms with E-state index in [1.807, 2.05) is 24.3 Å². The van der Waals surface area contributed by atoms with Crippen LogP contribution in [-0.4, -0.2) is 38.4 Å². The Balaban J connectivity index is 1.84. The number of nitrogens with zero attached hydrogens (tertiary/aromatic N) is 4. The van der Waals surface area contributed by atoms with Gasteiger partial charge in [0, 0.05) is 12.1 Å². The van der Waals surface area contributed by atoms with Crippen LogP contribution in [0.3, 0.4) is 0 Å². The van der Waals surface area contributed by atoms with Crippen molar-refractivity contribution in [2.24, 2.45) is 11.0 Å². The number of amides is 1. The van der Waals surface area contributed by atoms with E-state index >= 15 is 0 Å². The summed E-state index contributed by atoms with van der Waals surface area (Å²) in [5.41, 5.74) is 9.20. The van der Waals surface area contributed by atoms with Crippen LogP contribution in [0.1, 0.15) is 36.2 Å². The summed E-state index contributed by atoms with van der Waals surface area (Å²) in [4.78, 5) is 22.3. The molecule has 4 aromatic rings. The number of rotatable bonds is 6. The number of nitrogens with one attached hydrogen (secondary N) is 1. The number of carbonyl (C=O) groups excluding carboxylic acids is 1. The van der Waals surface area contributed by atoms with Crippen LogP contribution >= 0.6 is 0 Å². The van der Waals surface area contributed by atoms with Crippen LogP contribution in [0.4, 0.5) is 5.82 Å². The molecule has 0 fully saturated rings. The number of nitrogen functional groups attached to an aromatic ring is 1. The van der Waals surface area contributed by atoms with E-state index in [0.717, 1.165) is 6.42 Å². The van der Waals surface area contributed by atoms with Crippen molar-refractivity contribution in [3.8, 4) is 5.75 Å². The maximum atomic E-state index is 13.0. The van der Waals surface area contributed by atoms with Gasteiger partial charge < -0.3 is 16.2 Å². The number of hydrogen-bond acceptors (Lipinski definition) is 6. The topological polar surface area (TPSA) is 118 Å². The van der Waals surface area contributed by atoms with E-state index in [-0.39, 0.29) is 23.0 Å². The average molecular weight is 416 g/mol. The molecular weight excluding hydrogens is 392 g/mol. The van der Waals surface area contributed by atoms with Gasteiger partial charge in [-0.1, -0.05) is 38.1 Å². The van der Waals surface area contributed by atoms with E-state index in [2.05, 4.69) is 34.2 Å². The molecule has 0 radical (unpaired) electrons. The first-order valence-corrected chi connectivity index (χ1v) is 10.1. The molecule has 2 aromatic heterocycles. The van der Waals surface area contributed by atoms with Gasteiger partial charge in [0.05, 0.1) is 17.2 Å². The first kappa shape index (κ1) is 20.3. The monoisotopic (exact) mass is 416 g/mol. The smallest absolute Gasteiger partial charge is 0.257 e. The first-order valence-electron chi connectivity index (χ1n) is 10.1. The molecule has 0 saturated carbocycles. The molecule has 8 nitrogen and oxygen atoms in total. The summed E-state index contributed by atoms with van der Waals surface area (Å²) in [6.07, 6.45) is 2.33. The highest BCUT2D eigenvalue weighted by Crippen LogP contribution is 2.28. The summed E-state index contributed by atoms with van der Waals surface area (Å²) >= 11 is 0. The van der Waals surface area contributed by atoms with E-state index < -0.39 is 0 Å². The number of phenols is 1. The molecule has 0 aliphatic rings. The largest absolute Gasteiger partial charge is 0.507 e. The number of aromatic hydroxyl groups is 1. The number of nitrogens with two attached hydrogens (primary N) is 1. The van der Waals surface area contributed by atoms with Crippen molar-refractivity contribution in [2.75, 3.05) is 12.3 Å². The van der Waals surface area contributed by atoms with Gasteiger partial charge in [-0.15, -0.1) is 0 Å². The Kier molecular flexibility index (Phi) is 5.53. The Morgan fingerprint density at radius 2 is 1.84 bits per heavy atom. The van der Waals surface area contributed by atoms with Crippen LogP contribution in [0, 0.1) is 5.92 Å². The van der Waals surface area contributed by atoms with Gasteiger partial charge in [0.25, 0.3) is 5.91 Å². The Morgan fingerprint density at radius 3 is 2.55 bits per heavy atom. The fraction of sp³-hybridized carbons (Fsp3) is 0.217. The molecular formula is C23H24N6O2. The number of benzene rings is 2. The molecule has 0 saturated heterocycles. The second-order valence-electron chi connectivity index (χ2n) is 7.70. The predicted octanol–water partition coefficient (Wildman–Crippen LogP) is 3.53. The number of anilines is 1. The summed E-state index contributed by atoms with van der Waals surface area (Å²) in [5.74, 6) is 0.374. The van der Waals surface area contributed by atoms with Gasteiger partial charge in [0.2, 0.25) is 0 Å². The van der Waals surface area contributed by atoms with E-state index in [1.165, 1.54) is 10.9 Å². The molecule has 158 valence electrons. The highest BCUT2D eigenvalue weighted by molar-refractivity contribution is 6.10. The number of carbonyl (C=O) groups is 1. The minimum Gasteiger partial charge on any atom is -0.507 e. The second kappa shape index (κ2) is 8.43. The van der Waals surface area contributed by atoms with E-state index in [4.69, 9.17) is 5.73 Å². The number of aromatic nitrogens is 3. The zero-order chi connectivity index (χ0) is 22.0. The molecule has 0 aliphatic heterocycles. The summed E-state index contributed by atoms with van der Waals surface area (Å²) in [5, 5.41) is 17.3. The van der Waals surface area contributed by atoms with Crippen LogP contribution in [0.5, 0.6) is 5.75 Å². The van der Waals surface area contributed by atoms with Gasteiger partial charge in [-0.2, -0.15) is 9.78 Å². The zero-order valence-corrected chi connectivity index (χ0v) is 17.4. The molecule has 8 heteroatoms. The molecule has 0 bridgehead atoms. The van der Waals surface area contributed by atoms with E-state index in [1.54, 1.807) is 24.3 Å². The van der Waals surface area contributed by atoms with Gasteiger partial charge in [0.1, 0.15) is 22.6 Å². The Labute approximate surface area is 179 Å². The quantitative estimate of drug-likeness (QED) is 0.416. The normalized spacial score (nSPS) is 11.7. The van der Waals surface area contributed by atoms with Crippen LogP contribution < -0.4 is 11.1 Å². The van der Waals surface area contributed by atoms with Crippen molar-refractivity contribution in [1.82, 2.24) is 20.0 Å². The lowest BCUT2D eigenvalue weighted by molar-refractivity contribution is 0.0954. The molecule has 1 amide bonds. The third-order valence-corrected chi connectivity index (χ3v) is 4.96. The summed E-state index contributed by atoms with van der Waals surface area (Å²) in [6.45, 7) is 4.72. The number of hydrogen-bond donors (Lipinski definition) is 3. The van der Waals surface area contributed by atoms with Crippen molar-refractivity contribution in [1.29, 1.82) is 0 Å². The second-order valence-corrected chi connectivity index (χ2v) is 7.70. The molecule has 0 unspecified atom stereocenters. The highest BCUT2D eigenvalue weighted by atomic mass is 16.3. The van der Waals surface area contributed by atoms with Gasteiger partial charge >= 0.3 is 0 Å². The van der Waals surface area contributed by atoms with E-state index in [0.29, 0.717) is 40.2 Å². The first-order chi connectivity index (χ1) is 15.0. The fourth-order valence-electron chi connectivity index (χ4n) is 3.27. The lowest BCUT2D eigenvalue weighted by Crippen LogP contribution is -2.26. The minimum atomic E-state index is -0.316. The molecule has 0 atom stereocenters. The van der Waals surface area contributed by atoms with Gasteiger partial charge in [-0.05, 0) is 36.6 Å². The van der Waals surface area contributed by atoms with E-state index in [9.17, 15) is 9.90 Å². The number of para-hydroxylation sites is 3. The third kappa shape index (κ3) is 4.05. The maximum Gasteiger partial charge on any atom is 0.257 e. The molecule has 2 aromatic carbocycles. The van der Waals surface area contributed by atoms with Gasteiger partial charge in [0.15, 0.2) is 5.65 Å². The molecule has 31 heavy (non-hydrogen) atoms. The molecule has 0 aliphatic carbocycles. The standard InChI is InChI=1S/C23H24N6O2/c1-14(2)11-12-25-23(31)19-20-22(28-17-9-5-4-8-16(17)27-20)29(21(19)24)26-13-15-7-3-6-10-18(15)30/h3-10,13-14,30H,11-12,24H2,1-2H3,(H,25,31). The van der Waals surface area contributed by atoms with Crippen molar-refractivity contribution in [3.05, 3.63) is 59.7 Å². The summed E-state index contributed by atoms with van der Waals surface area (Å²) in [6, 6.07) is 14.2. The predicted molar refractivity (Wildman–Crippen MR) is 122 cm³/mol. The highest BCUT2D eigenvalue weighted by Gasteiger charge is 2.24. The van der Waals surface area contributed by atoms with Crippen molar-refractivity contribution in [2.45, 2.75) is 20.3 Å². The van der Waals surface area contributed by atoms with Gasteiger partial charge in [-0.25, -0.2) is 9.97 Å². The fourth-order valence-corrected chi connectivity index (χ4v) is 3.27. The maximum absolute atomic E-state index is 13.0. The van der Waals surface area contributed by atoms with Crippen LogP contribution in [0.25, 0.3) is 22.2 Å². The minimum absolute atomic E-state index is 0.0875. The SMILES string of the molecule is CC(C)CCNC(=O)c1c(N)n(N=Cc2ccccc2O)c2nc3ccccc3nc12. The van der Waals surface area contributed by atoms with Crippen LogP contribution in [0.2, 0.25) is 0 Å². The molecule has 0 spiro atoms. The molecule has 2 heterocycles. The Morgan fingerprint density at radius 1 is 1.16 bits per heavy atom. The lowest BCUT2D eigenvalue weighted by atomic mass is 10.1. The lowest BCUT2D eigenvalue weighted by Gasteiger charge is -2.07. The molecule has 4 rings (SSSR count). The van der Waals surface area contributed by atoms with Crippen molar-refractivity contribution in [3.63, 3.8) is 0 Å². The van der Waals surface area contributed by atoms with Crippen molar-refractivity contribution >= 4 is 40.1 Å². The average Bonchev–Trinajstić information content (AvgIpc) is 3.01. The van der Waals surface area contributed by atoms with Gasteiger partial charge in [-0.3, -0.25) is 4.79 Å². The number of phenolic OH excluding ortho intramolecular Hbond substituents is 1. The third-order valence-electron chi connectivity index (χ3n) is 4.96. The number of fused-ring (bicyclic) bond motifs is 2. The van der Waals surface area contributed by atoms with Crippen molar-refractivity contribution < 1.29 is 9.90 Å².